The highest BCUT2D eigenvalue weighted by molar-refractivity contribution is 7.99. The number of halogens is 1. The topological polar surface area (TPSA) is 35.8 Å². The summed E-state index contributed by atoms with van der Waals surface area (Å²) >= 11 is 1.95. The van der Waals surface area contributed by atoms with Crippen LogP contribution in [0.2, 0.25) is 0 Å². The predicted octanol–water partition coefficient (Wildman–Crippen LogP) is 3.00. The SMILES string of the molecule is N#Cc1cc(F)cc(NC2CCSCC2)c1. The summed E-state index contributed by atoms with van der Waals surface area (Å²) in [5.41, 5.74) is 1.08. The first kappa shape index (κ1) is 11.3. The lowest BCUT2D eigenvalue weighted by Gasteiger charge is -2.23. The largest absolute Gasteiger partial charge is 0.382 e. The molecule has 0 radical (unpaired) electrons. The van der Waals surface area contributed by atoms with Crippen molar-refractivity contribution >= 4 is 17.4 Å². The number of nitrogens with zero attached hydrogens (tertiary/aromatic N) is 1. The maximum atomic E-state index is 13.2. The maximum absolute atomic E-state index is 13.2. The first-order chi connectivity index (χ1) is 7.78. The third-order valence-corrected chi connectivity index (χ3v) is 3.67. The molecule has 0 amide bonds. The molecule has 0 bridgehead atoms. The third kappa shape index (κ3) is 2.89. The molecular weight excluding hydrogens is 223 g/mol. The molecule has 2 rings (SSSR count). The lowest BCUT2D eigenvalue weighted by molar-refractivity contribution is 0.625. The van der Waals surface area contributed by atoms with Gasteiger partial charge in [-0.3, -0.25) is 0 Å². The van der Waals surface area contributed by atoms with Crippen molar-refractivity contribution < 1.29 is 4.39 Å². The van der Waals surface area contributed by atoms with Crippen molar-refractivity contribution in [2.24, 2.45) is 0 Å². The van der Waals surface area contributed by atoms with Gasteiger partial charge < -0.3 is 5.32 Å². The summed E-state index contributed by atoms with van der Waals surface area (Å²) in [5.74, 6) is 1.95. The minimum atomic E-state index is -0.355. The van der Waals surface area contributed by atoms with Crippen LogP contribution in [0.5, 0.6) is 0 Å². The second-order valence-electron chi connectivity index (χ2n) is 3.87. The van der Waals surface area contributed by atoms with Crippen molar-refractivity contribution in [3.63, 3.8) is 0 Å². The van der Waals surface area contributed by atoms with Crippen molar-refractivity contribution in [1.29, 1.82) is 5.26 Å². The summed E-state index contributed by atoms with van der Waals surface area (Å²) in [4.78, 5) is 0. The van der Waals surface area contributed by atoms with E-state index in [9.17, 15) is 4.39 Å². The van der Waals surface area contributed by atoms with Crippen molar-refractivity contribution in [2.45, 2.75) is 18.9 Å². The lowest BCUT2D eigenvalue weighted by atomic mass is 10.1. The zero-order valence-electron chi connectivity index (χ0n) is 8.87. The molecule has 0 aliphatic carbocycles. The van der Waals surface area contributed by atoms with E-state index in [-0.39, 0.29) is 5.82 Å². The van der Waals surface area contributed by atoms with Gasteiger partial charge in [0.05, 0.1) is 11.6 Å². The van der Waals surface area contributed by atoms with Crippen LogP contribution < -0.4 is 5.32 Å². The molecule has 0 spiro atoms. The van der Waals surface area contributed by atoms with E-state index >= 15 is 0 Å². The average molecular weight is 236 g/mol. The molecule has 1 aliphatic heterocycles. The number of rotatable bonds is 2. The van der Waals surface area contributed by atoms with Crippen molar-refractivity contribution in [2.75, 3.05) is 16.8 Å². The van der Waals surface area contributed by atoms with Gasteiger partial charge in [0.15, 0.2) is 0 Å². The molecule has 0 atom stereocenters. The highest BCUT2D eigenvalue weighted by Gasteiger charge is 2.13. The Morgan fingerprint density at radius 3 is 2.75 bits per heavy atom. The summed E-state index contributed by atoms with van der Waals surface area (Å²) in [6.07, 6.45) is 2.20. The molecule has 1 fully saturated rings. The van der Waals surface area contributed by atoms with Gasteiger partial charge in [-0.2, -0.15) is 17.0 Å². The van der Waals surface area contributed by atoms with Crippen LogP contribution in [-0.4, -0.2) is 17.5 Å². The second-order valence-corrected chi connectivity index (χ2v) is 5.10. The summed E-state index contributed by atoms with van der Waals surface area (Å²) in [6, 6.07) is 6.77. The number of nitrogens with one attached hydrogen (secondary N) is 1. The van der Waals surface area contributed by atoms with E-state index in [0.717, 1.165) is 24.3 Å². The fraction of sp³-hybridized carbons (Fsp3) is 0.417. The molecule has 0 unspecified atom stereocenters. The van der Waals surface area contributed by atoms with Crippen LogP contribution in [0.25, 0.3) is 0 Å². The first-order valence-corrected chi connectivity index (χ1v) is 6.48. The van der Waals surface area contributed by atoms with Crippen LogP contribution in [0.4, 0.5) is 10.1 Å². The first-order valence-electron chi connectivity index (χ1n) is 5.33. The molecule has 1 heterocycles. The number of hydrogen-bond acceptors (Lipinski definition) is 3. The Balaban J connectivity index is 2.08. The van der Waals surface area contributed by atoms with Crippen molar-refractivity contribution in [1.82, 2.24) is 0 Å². The molecule has 1 saturated heterocycles. The average Bonchev–Trinajstić information content (AvgIpc) is 2.29. The Morgan fingerprint density at radius 1 is 1.31 bits per heavy atom. The molecule has 84 valence electrons. The third-order valence-electron chi connectivity index (χ3n) is 2.62. The van der Waals surface area contributed by atoms with E-state index in [0.29, 0.717) is 17.3 Å². The Labute approximate surface area is 98.8 Å². The molecule has 16 heavy (non-hydrogen) atoms. The molecule has 0 aromatic heterocycles. The van der Waals surface area contributed by atoms with Gasteiger partial charge in [-0.05, 0) is 42.5 Å². The molecule has 4 heteroatoms. The van der Waals surface area contributed by atoms with E-state index < -0.39 is 0 Å². The minimum absolute atomic E-state index is 0.355. The number of hydrogen-bond donors (Lipinski definition) is 1. The monoisotopic (exact) mass is 236 g/mol. The fourth-order valence-electron chi connectivity index (χ4n) is 1.82. The van der Waals surface area contributed by atoms with Gasteiger partial charge in [0.25, 0.3) is 0 Å². The number of anilines is 1. The molecule has 1 N–H and O–H groups in total. The predicted molar refractivity (Wildman–Crippen MR) is 65.1 cm³/mol. The van der Waals surface area contributed by atoms with Gasteiger partial charge in [0, 0.05) is 11.7 Å². The van der Waals surface area contributed by atoms with Crippen molar-refractivity contribution in [3.05, 3.63) is 29.6 Å². The standard InChI is InChI=1S/C12H13FN2S/c13-10-5-9(8-14)6-12(7-10)15-11-1-3-16-4-2-11/h5-7,11,15H,1-4H2. The lowest BCUT2D eigenvalue weighted by Crippen LogP contribution is -2.24. The van der Waals surface area contributed by atoms with Gasteiger partial charge >= 0.3 is 0 Å². The molecule has 0 saturated carbocycles. The quantitative estimate of drug-likeness (QED) is 0.857. The Morgan fingerprint density at radius 2 is 2.06 bits per heavy atom. The fourth-order valence-corrected chi connectivity index (χ4v) is 2.92. The van der Waals surface area contributed by atoms with Gasteiger partial charge in [0.1, 0.15) is 5.82 Å². The zero-order valence-corrected chi connectivity index (χ0v) is 9.69. The second kappa shape index (κ2) is 5.22. The van der Waals surface area contributed by atoms with E-state index in [1.165, 1.54) is 12.1 Å². The number of thioether (sulfide) groups is 1. The van der Waals surface area contributed by atoms with Gasteiger partial charge in [-0.15, -0.1) is 0 Å². The number of nitriles is 1. The van der Waals surface area contributed by atoms with Gasteiger partial charge in [-0.1, -0.05) is 0 Å². The molecule has 1 aliphatic rings. The summed E-state index contributed by atoms with van der Waals surface area (Å²) < 4.78 is 13.2. The summed E-state index contributed by atoms with van der Waals surface area (Å²) in [5, 5.41) is 12.0. The molecule has 1 aromatic rings. The van der Waals surface area contributed by atoms with Crippen LogP contribution in [0, 0.1) is 17.1 Å². The highest BCUT2D eigenvalue weighted by Crippen LogP contribution is 2.22. The number of benzene rings is 1. The van der Waals surface area contributed by atoms with Crippen molar-refractivity contribution in [3.8, 4) is 6.07 Å². The van der Waals surface area contributed by atoms with Crippen LogP contribution in [0.1, 0.15) is 18.4 Å². The van der Waals surface area contributed by atoms with E-state index in [2.05, 4.69) is 5.32 Å². The molecular formula is C12H13FN2S. The van der Waals surface area contributed by atoms with Crippen LogP contribution in [0.3, 0.4) is 0 Å². The van der Waals surface area contributed by atoms with Gasteiger partial charge in [-0.25, -0.2) is 4.39 Å². The smallest absolute Gasteiger partial charge is 0.126 e. The summed E-state index contributed by atoms with van der Waals surface area (Å²) in [7, 11) is 0. The Kier molecular flexibility index (Phi) is 3.68. The highest BCUT2D eigenvalue weighted by atomic mass is 32.2. The van der Waals surface area contributed by atoms with Crippen LogP contribution >= 0.6 is 11.8 Å². The van der Waals surface area contributed by atoms with E-state index in [4.69, 9.17) is 5.26 Å². The Bertz CT molecular complexity index is 408. The minimum Gasteiger partial charge on any atom is -0.382 e. The van der Waals surface area contributed by atoms with Crippen LogP contribution in [0.15, 0.2) is 18.2 Å². The zero-order chi connectivity index (χ0) is 11.4. The van der Waals surface area contributed by atoms with Crippen LogP contribution in [-0.2, 0) is 0 Å². The molecule has 2 nitrogen and oxygen atoms in total. The van der Waals surface area contributed by atoms with E-state index in [1.54, 1.807) is 6.07 Å². The normalized spacial score (nSPS) is 16.8. The van der Waals surface area contributed by atoms with E-state index in [1.807, 2.05) is 17.8 Å². The summed E-state index contributed by atoms with van der Waals surface area (Å²) in [6.45, 7) is 0. The Hall–Kier alpha value is -1.21. The molecule has 1 aromatic carbocycles. The maximum Gasteiger partial charge on any atom is 0.126 e. The van der Waals surface area contributed by atoms with Gasteiger partial charge in [0.2, 0.25) is 0 Å².